The van der Waals surface area contributed by atoms with Crippen LogP contribution in [0.3, 0.4) is 0 Å². The Morgan fingerprint density at radius 3 is 0.860 bits per heavy atom. The average Bonchev–Trinajstić information content (AvgIpc) is 2.98. The minimum absolute atomic E-state index is 0. The van der Waals surface area contributed by atoms with Gasteiger partial charge in [0.15, 0.2) is 0 Å². The summed E-state index contributed by atoms with van der Waals surface area (Å²) < 4.78 is 0. The highest BCUT2D eigenvalue weighted by Gasteiger charge is 1.97. The summed E-state index contributed by atoms with van der Waals surface area (Å²) in [4.78, 5) is 20.6. The normalized spacial score (nSPS) is 10.6. The zero-order chi connectivity index (χ0) is 31.8. The number of hydrogen-bond donors (Lipinski definition) is 2. The molecule has 0 aromatic rings. The summed E-state index contributed by atoms with van der Waals surface area (Å²) in [6, 6.07) is 0. The molecule has 5 nitrogen and oxygen atoms in total. The van der Waals surface area contributed by atoms with Gasteiger partial charge in [-0.05, 0) is 64.2 Å². The number of hydrogen-bond acceptors (Lipinski definition) is 2. The first-order valence-electron chi connectivity index (χ1n) is 17.8. The standard InChI is InChI=1S/2C18H34O2.C2H4.H2O/c2*1-2-3-4-5-6-7-8-9-10-11-12-13-14-15-16-17-18(19)20;1-2;/h2*9-10H,2-8,11-17H2,1H3,(H,19,20);1-2H2;1H2/b2*10-9-;;. The molecule has 0 aromatic heterocycles. The maximum absolute atomic E-state index is 10.3. The highest BCUT2D eigenvalue weighted by Crippen LogP contribution is 2.11. The van der Waals surface area contributed by atoms with Crippen LogP contribution in [0, 0.1) is 0 Å². The van der Waals surface area contributed by atoms with Crippen LogP contribution in [0.1, 0.15) is 194 Å². The predicted molar refractivity (Wildman–Crippen MR) is 189 cm³/mol. The van der Waals surface area contributed by atoms with Crippen molar-refractivity contribution in [1.29, 1.82) is 0 Å². The van der Waals surface area contributed by atoms with Gasteiger partial charge in [0, 0.05) is 12.8 Å². The van der Waals surface area contributed by atoms with E-state index in [0.29, 0.717) is 12.8 Å². The molecule has 5 heteroatoms. The smallest absolute Gasteiger partial charge is 0.303 e. The summed E-state index contributed by atoms with van der Waals surface area (Å²) in [7, 11) is 0. The van der Waals surface area contributed by atoms with Gasteiger partial charge in [0.2, 0.25) is 0 Å². The van der Waals surface area contributed by atoms with Crippen molar-refractivity contribution in [3.63, 3.8) is 0 Å². The van der Waals surface area contributed by atoms with E-state index in [1.165, 1.54) is 141 Å². The fourth-order valence-electron chi connectivity index (χ4n) is 4.69. The molecular weight excluding hydrogens is 536 g/mol. The Bertz CT molecular complexity index is 535. The monoisotopic (exact) mass is 611 g/mol. The predicted octanol–water partition coefficient (Wildman–Crippen LogP) is 12.2. The van der Waals surface area contributed by atoms with E-state index >= 15 is 0 Å². The van der Waals surface area contributed by atoms with Crippen molar-refractivity contribution in [2.75, 3.05) is 0 Å². The van der Waals surface area contributed by atoms with Gasteiger partial charge in [-0.3, -0.25) is 9.59 Å². The third-order valence-electron chi connectivity index (χ3n) is 7.30. The van der Waals surface area contributed by atoms with Crippen LogP contribution in [0.2, 0.25) is 0 Å². The molecular formula is C38H74O5. The van der Waals surface area contributed by atoms with Gasteiger partial charge in [-0.2, -0.15) is 0 Å². The Hall–Kier alpha value is -1.88. The molecule has 0 unspecified atom stereocenters. The molecule has 0 heterocycles. The first kappa shape index (κ1) is 48.0. The van der Waals surface area contributed by atoms with Crippen LogP contribution in [-0.2, 0) is 9.59 Å². The Morgan fingerprint density at radius 2 is 0.628 bits per heavy atom. The van der Waals surface area contributed by atoms with E-state index in [0.717, 1.165) is 25.7 Å². The minimum atomic E-state index is -0.664. The van der Waals surface area contributed by atoms with E-state index in [1.807, 2.05) is 0 Å². The van der Waals surface area contributed by atoms with E-state index in [4.69, 9.17) is 10.2 Å². The van der Waals surface area contributed by atoms with E-state index in [2.05, 4.69) is 51.3 Å². The number of unbranched alkanes of at least 4 members (excludes halogenated alkanes) is 22. The lowest BCUT2D eigenvalue weighted by Crippen LogP contribution is -1.93. The minimum Gasteiger partial charge on any atom is -0.481 e. The lowest BCUT2D eigenvalue weighted by Gasteiger charge is -1.99. The van der Waals surface area contributed by atoms with Crippen molar-refractivity contribution in [1.82, 2.24) is 0 Å². The molecule has 0 radical (unpaired) electrons. The van der Waals surface area contributed by atoms with Gasteiger partial charge in [0.25, 0.3) is 0 Å². The molecule has 256 valence electrons. The second-order valence-electron chi connectivity index (χ2n) is 11.5. The van der Waals surface area contributed by atoms with Crippen molar-refractivity contribution >= 4 is 11.9 Å². The summed E-state index contributed by atoms with van der Waals surface area (Å²) in [5.74, 6) is -1.33. The van der Waals surface area contributed by atoms with Crippen molar-refractivity contribution < 1.29 is 25.3 Å². The number of carboxylic acid groups (broad SMARTS) is 2. The van der Waals surface area contributed by atoms with E-state index in [9.17, 15) is 9.59 Å². The number of aliphatic carboxylic acids is 2. The molecule has 0 bridgehead atoms. The number of allylic oxidation sites excluding steroid dienone is 4. The number of carboxylic acids is 2. The first-order valence-corrected chi connectivity index (χ1v) is 17.8. The summed E-state index contributed by atoms with van der Waals surface area (Å²) >= 11 is 0. The third-order valence-corrected chi connectivity index (χ3v) is 7.30. The largest absolute Gasteiger partial charge is 0.481 e. The van der Waals surface area contributed by atoms with Gasteiger partial charge >= 0.3 is 11.9 Å². The molecule has 0 aliphatic heterocycles. The molecule has 0 aliphatic carbocycles. The summed E-state index contributed by atoms with van der Waals surface area (Å²) in [6.07, 6.45) is 42.5. The second kappa shape index (κ2) is 47.1. The molecule has 0 saturated heterocycles. The summed E-state index contributed by atoms with van der Waals surface area (Å²) in [5, 5.41) is 17.0. The molecule has 43 heavy (non-hydrogen) atoms. The maximum atomic E-state index is 10.3. The molecule has 4 N–H and O–H groups in total. The Kier molecular flexibility index (Phi) is 52.6. The van der Waals surface area contributed by atoms with E-state index < -0.39 is 11.9 Å². The molecule has 0 aromatic carbocycles. The van der Waals surface area contributed by atoms with Gasteiger partial charge in [-0.1, -0.05) is 141 Å². The molecule has 0 saturated carbocycles. The number of carbonyl (C=O) groups is 2. The molecule has 0 rings (SSSR count). The maximum Gasteiger partial charge on any atom is 0.303 e. The van der Waals surface area contributed by atoms with Gasteiger partial charge in [0.05, 0.1) is 0 Å². The van der Waals surface area contributed by atoms with Crippen LogP contribution in [0.5, 0.6) is 0 Å². The van der Waals surface area contributed by atoms with Gasteiger partial charge in [-0.25, -0.2) is 0 Å². The van der Waals surface area contributed by atoms with Crippen molar-refractivity contribution in [2.24, 2.45) is 0 Å². The highest BCUT2D eigenvalue weighted by molar-refractivity contribution is 5.66. The van der Waals surface area contributed by atoms with Gasteiger partial charge < -0.3 is 15.7 Å². The molecule has 0 aliphatic rings. The lowest BCUT2D eigenvalue weighted by atomic mass is 10.1. The Balaban J connectivity index is -0.000000327. The van der Waals surface area contributed by atoms with Crippen LogP contribution < -0.4 is 0 Å². The zero-order valence-corrected chi connectivity index (χ0v) is 28.7. The fourth-order valence-corrected chi connectivity index (χ4v) is 4.69. The summed E-state index contributed by atoms with van der Waals surface area (Å²) in [6.45, 7) is 10.5. The topological polar surface area (TPSA) is 106 Å². The van der Waals surface area contributed by atoms with Crippen LogP contribution >= 0.6 is 0 Å². The summed E-state index contributed by atoms with van der Waals surface area (Å²) in [5.41, 5.74) is 0. The van der Waals surface area contributed by atoms with Crippen molar-refractivity contribution in [2.45, 2.75) is 194 Å². The quantitative estimate of drug-likeness (QED) is 0.0623. The molecule has 0 spiro atoms. The second-order valence-corrected chi connectivity index (χ2v) is 11.5. The average molecular weight is 611 g/mol. The van der Waals surface area contributed by atoms with E-state index in [1.54, 1.807) is 0 Å². The van der Waals surface area contributed by atoms with Crippen LogP contribution in [0.15, 0.2) is 37.5 Å². The van der Waals surface area contributed by atoms with Crippen LogP contribution in [-0.4, -0.2) is 27.6 Å². The van der Waals surface area contributed by atoms with Crippen LogP contribution in [0.25, 0.3) is 0 Å². The SMILES string of the molecule is C=C.CCCCCCCC/C=C\CCCCCCCC(=O)O.CCCCCCCC/C=C\CCCCCCCC(=O)O.O. The first-order chi connectivity index (χ1) is 20.5. The van der Waals surface area contributed by atoms with Crippen molar-refractivity contribution in [3.05, 3.63) is 37.5 Å². The van der Waals surface area contributed by atoms with Gasteiger partial charge in [-0.15, -0.1) is 13.2 Å². The fraction of sp³-hybridized carbons (Fsp3) is 0.789. The zero-order valence-electron chi connectivity index (χ0n) is 28.7. The number of rotatable bonds is 30. The van der Waals surface area contributed by atoms with Crippen molar-refractivity contribution in [3.8, 4) is 0 Å². The molecule has 0 fully saturated rings. The molecule has 0 amide bonds. The van der Waals surface area contributed by atoms with Gasteiger partial charge in [0.1, 0.15) is 0 Å². The van der Waals surface area contributed by atoms with E-state index in [-0.39, 0.29) is 5.48 Å². The third kappa shape index (κ3) is 56.5. The Labute approximate surface area is 268 Å². The lowest BCUT2D eigenvalue weighted by molar-refractivity contribution is -0.138. The highest BCUT2D eigenvalue weighted by atomic mass is 16.4. The molecule has 0 atom stereocenters. The van der Waals surface area contributed by atoms with Crippen LogP contribution in [0.4, 0.5) is 0 Å². The Morgan fingerprint density at radius 1 is 0.419 bits per heavy atom.